The maximum Gasteiger partial charge on any atom is 0.535 e. The first-order chi connectivity index (χ1) is 13.2. The Hall–Kier alpha value is -2.23. The highest BCUT2D eigenvalue weighted by Gasteiger charge is 2.22. The van der Waals surface area contributed by atoms with Crippen molar-refractivity contribution >= 4 is 17.2 Å². The lowest BCUT2D eigenvalue weighted by atomic mass is 10.0. The van der Waals surface area contributed by atoms with Crippen molar-refractivity contribution in [3.05, 3.63) is 24.3 Å². The molecule has 0 aliphatic heterocycles. The van der Waals surface area contributed by atoms with Crippen LogP contribution in [0.4, 0.5) is 4.79 Å². The fraction of sp³-hybridized carbons (Fsp3) is 0.632. The number of hydrogen-bond acceptors (Lipinski definition) is 8. The van der Waals surface area contributed by atoms with Crippen LogP contribution in [0, 0.1) is 0 Å². The van der Waals surface area contributed by atoms with Gasteiger partial charge in [-0.2, -0.15) is 0 Å². The van der Waals surface area contributed by atoms with Gasteiger partial charge in [0.05, 0.1) is 24.4 Å². The number of fused-ring (bicyclic) bond motifs is 1. The van der Waals surface area contributed by atoms with E-state index in [0.29, 0.717) is 30.5 Å². The van der Waals surface area contributed by atoms with Crippen LogP contribution in [0.25, 0.3) is 11.0 Å². The van der Waals surface area contributed by atoms with Gasteiger partial charge in [0.1, 0.15) is 17.6 Å². The highest BCUT2D eigenvalue weighted by atomic mass is 16.8. The molecule has 0 aliphatic carbocycles. The van der Waals surface area contributed by atoms with Crippen LogP contribution < -0.4 is 4.84 Å². The zero-order chi connectivity index (χ0) is 20.6. The molecule has 2 aromatic rings. The number of aliphatic hydroxyl groups excluding tert-OH is 1. The summed E-state index contributed by atoms with van der Waals surface area (Å²) >= 11 is 0. The molecule has 0 fully saturated rings. The van der Waals surface area contributed by atoms with Crippen molar-refractivity contribution in [2.75, 3.05) is 26.4 Å². The Kier molecular flexibility index (Phi) is 7.73. The number of carbonyl (C=O) groups excluding carboxylic acids is 1. The summed E-state index contributed by atoms with van der Waals surface area (Å²) in [4.78, 5) is 17.8. The molecule has 1 aromatic heterocycles. The molecular weight excluding hydrogens is 366 g/mol. The summed E-state index contributed by atoms with van der Waals surface area (Å²) in [6.45, 7) is 8.62. The SMILES string of the molecule is CC(C)(CCO)OCCC(C)(C)OCCOC(=O)On1nnc2ccccc21. The summed E-state index contributed by atoms with van der Waals surface area (Å²) in [6, 6.07) is 7.11. The Morgan fingerprint density at radius 1 is 1.04 bits per heavy atom. The van der Waals surface area contributed by atoms with E-state index in [1.54, 1.807) is 18.2 Å². The Morgan fingerprint density at radius 2 is 1.71 bits per heavy atom. The van der Waals surface area contributed by atoms with Crippen molar-refractivity contribution in [2.24, 2.45) is 0 Å². The number of hydrogen-bond donors (Lipinski definition) is 1. The number of para-hydroxylation sites is 1. The second-order valence-electron chi connectivity index (χ2n) is 7.58. The molecule has 9 heteroatoms. The van der Waals surface area contributed by atoms with Crippen LogP contribution in [0.2, 0.25) is 0 Å². The van der Waals surface area contributed by atoms with Gasteiger partial charge >= 0.3 is 6.16 Å². The molecule has 1 aromatic carbocycles. The van der Waals surface area contributed by atoms with Gasteiger partial charge in [0.2, 0.25) is 0 Å². The lowest BCUT2D eigenvalue weighted by Gasteiger charge is -2.29. The summed E-state index contributed by atoms with van der Waals surface area (Å²) in [5, 5.41) is 16.7. The van der Waals surface area contributed by atoms with Crippen LogP contribution in [0.1, 0.15) is 40.5 Å². The Balaban J connectivity index is 1.66. The zero-order valence-corrected chi connectivity index (χ0v) is 16.9. The molecule has 0 aliphatic rings. The van der Waals surface area contributed by atoms with Crippen molar-refractivity contribution in [2.45, 2.75) is 51.7 Å². The average molecular weight is 395 g/mol. The van der Waals surface area contributed by atoms with Gasteiger partial charge in [-0.3, -0.25) is 4.84 Å². The van der Waals surface area contributed by atoms with Gasteiger partial charge in [-0.05, 0) is 57.9 Å². The summed E-state index contributed by atoms with van der Waals surface area (Å²) in [6.07, 6.45) is 0.355. The minimum Gasteiger partial charge on any atom is -0.430 e. The monoisotopic (exact) mass is 395 g/mol. The third kappa shape index (κ3) is 7.06. The first-order valence-electron chi connectivity index (χ1n) is 9.27. The second kappa shape index (κ2) is 9.81. The van der Waals surface area contributed by atoms with E-state index >= 15 is 0 Å². The molecule has 0 spiro atoms. The number of aromatic nitrogens is 3. The maximum atomic E-state index is 11.8. The zero-order valence-electron chi connectivity index (χ0n) is 16.9. The molecule has 9 nitrogen and oxygen atoms in total. The third-order valence-electron chi connectivity index (χ3n) is 4.19. The topological polar surface area (TPSA) is 105 Å². The van der Waals surface area contributed by atoms with Gasteiger partial charge < -0.3 is 19.3 Å². The number of aliphatic hydroxyl groups is 1. The molecule has 0 radical (unpaired) electrons. The van der Waals surface area contributed by atoms with E-state index in [1.165, 1.54) is 0 Å². The van der Waals surface area contributed by atoms with Crippen LogP contribution in [0.15, 0.2) is 24.3 Å². The van der Waals surface area contributed by atoms with Gasteiger partial charge in [0.25, 0.3) is 0 Å². The van der Waals surface area contributed by atoms with Gasteiger partial charge in [0, 0.05) is 6.61 Å². The normalized spacial score (nSPS) is 12.3. The smallest absolute Gasteiger partial charge is 0.430 e. The Morgan fingerprint density at radius 3 is 2.46 bits per heavy atom. The fourth-order valence-electron chi connectivity index (χ4n) is 2.44. The molecule has 0 unspecified atom stereocenters. The van der Waals surface area contributed by atoms with E-state index in [2.05, 4.69) is 10.3 Å². The molecular formula is C19H29N3O6. The van der Waals surface area contributed by atoms with E-state index < -0.39 is 11.8 Å². The molecule has 0 bridgehead atoms. The lowest BCUT2D eigenvalue weighted by molar-refractivity contribution is -0.0857. The number of benzene rings is 1. The fourth-order valence-corrected chi connectivity index (χ4v) is 2.44. The van der Waals surface area contributed by atoms with Crippen molar-refractivity contribution < 1.29 is 28.9 Å². The van der Waals surface area contributed by atoms with Crippen LogP contribution in [0.3, 0.4) is 0 Å². The average Bonchev–Trinajstić information content (AvgIpc) is 3.01. The summed E-state index contributed by atoms with van der Waals surface area (Å²) in [5.74, 6) is 0. The standard InChI is InChI=1S/C19H29N3O6/c1-18(2,9-11-23)26-12-10-19(3,4)27-14-13-25-17(24)28-22-16-8-6-5-7-15(16)20-21-22/h5-8,23H,9-14H2,1-4H3. The molecule has 28 heavy (non-hydrogen) atoms. The predicted molar refractivity (Wildman–Crippen MR) is 102 cm³/mol. The minimum atomic E-state index is -0.883. The van der Waals surface area contributed by atoms with Gasteiger partial charge in [0.15, 0.2) is 0 Å². The van der Waals surface area contributed by atoms with E-state index in [0.717, 1.165) is 4.85 Å². The predicted octanol–water partition coefficient (Wildman–Crippen LogP) is 2.36. The molecule has 156 valence electrons. The summed E-state index contributed by atoms with van der Waals surface area (Å²) in [5.41, 5.74) is 0.374. The first-order valence-corrected chi connectivity index (χ1v) is 9.27. The van der Waals surface area contributed by atoms with Crippen molar-refractivity contribution in [3.63, 3.8) is 0 Å². The van der Waals surface area contributed by atoms with Crippen LogP contribution in [0.5, 0.6) is 0 Å². The Labute approximate surface area is 164 Å². The van der Waals surface area contributed by atoms with Crippen molar-refractivity contribution in [3.8, 4) is 0 Å². The second-order valence-corrected chi connectivity index (χ2v) is 7.58. The van der Waals surface area contributed by atoms with E-state index in [1.807, 2.05) is 33.8 Å². The molecule has 1 heterocycles. The van der Waals surface area contributed by atoms with Gasteiger partial charge in [-0.25, -0.2) is 4.79 Å². The van der Waals surface area contributed by atoms with E-state index in [-0.39, 0.29) is 25.4 Å². The number of carbonyl (C=O) groups is 1. The quantitative estimate of drug-likeness (QED) is 0.351. The number of nitrogens with zero attached hydrogens (tertiary/aromatic N) is 3. The summed E-state index contributed by atoms with van der Waals surface area (Å²) < 4.78 is 16.6. The van der Waals surface area contributed by atoms with Gasteiger partial charge in [-0.1, -0.05) is 17.0 Å². The first kappa shape index (κ1) is 22.1. The van der Waals surface area contributed by atoms with Crippen LogP contribution in [-0.2, 0) is 14.2 Å². The van der Waals surface area contributed by atoms with Crippen LogP contribution in [-0.4, -0.2) is 64.0 Å². The van der Waals surface area contributed by atoms with Crippen molar-refractivity contribution in [1.82, 2.24) is 15.2 Å². The molecule has 0 atom stereocenters. The number of ether oxygens (including phenoxy) is 3. The molecule has 0 amide bonds. The highest BCUT2D eigenvalue weighted by Crippen LogP contribution is 2.19. The maximum absolute atomic E-state index is 11.8. The molecule has 0 saturated heterocycles. The largest absolute Gasteiger partial charge is 0.535 e. The van der Waals surface area contributed by atoms with E-state index in [9.17, 15) is 4.79 Å². The molecule has 0 saturated carbocycles. The minimum absolute atomic E-state index is 0.0474. The van der Waals surface area contributed by atoms with Gasteiger partial charge in [-0.15, -0.1) is 5.10 Å². The number of rotatable bonds is 11. The third-order valence-corrected chi connectivity index (χ3v) is 4.19. The van der Waals surface area contributed by atoms with Crippen LogP contribution >= 0.6 is 0 Å². The lowest BCUT2D eigenvalue weighted by Crippen LogP contribution is -2.32. The molecule has 1 N–H and O–H groups in total. The Bertz CT molecular complexity index is 759. The molecule has 2 rings (SSSR count). The summed E-state index contributed by atoms with van der Waals surface area (Å²) in [7, 11) is 0. The van der Waals surface area contributed by atoms with Crippen molar-refractivity contribution in [1.29, 1.82) is 0 Å². The highest BCUT2D eigenvalue weighted by molar-refractivity contribution is 5.74. The van der Waals surface area contributed by atoms with E-state index in [4.69, 9.17) is 24.2 Å².